The van der Waals surface area contributed by atoms with E-state index in [-0.39, 0.29) is 6.04 Å². The van der Waals surface area contributed by atoms with Gasteiger partial charge in [-0.05, 0) is 47.1 Å². The van der Waals surface area contributed by atoms with Gasteiger partial charge in [0.1, 0.15) is 16.0 Å². The van der Waals surface area contributed by atoms with E-state index in [1.165, 1.54) is 23.5 Å². The summed E-state index contributed by atoms with van der Waals surface area (Å²) in [5.41, 5.74) is 0.474. The fraction of sp³-hybridized carbons (Fsp3) is 0.231. The monoisotopic (exact) mass is 365 g/mol. The van der Waals surface area contributed by atoms with E-state index >= 15 is 0 Å². The summed E-state index contributed by atoms with van der Waals surface area (Å²) in [4.78, 5) is 1.00. The van der Waals surface area contributed by atoms with E-state index in [9.17, 15) is 8.78 Å². The van der Waals surface area contributed by atoms with Crippen molar-refractivity contribution >= 4 is 38.9 Å². The zero-order chi connectivity index (χ0) is 14.0. The summed E-state index contributed by atoms with van der Waals surface area (Å²) in [7, 11) is 1.80. The highest BCUT2D eigenvalue weighted by Gasteiger charge is 2.17. The molecule has 0 saturated heterocycles. The number of likely N-dealkylation sites (N-methyl/N-ethyl adjacent to an activating group) is 1. The maximum Gasteiger partial charge on any atom is 0.129 e. The van der Waals surface area contributed by atoms with Crippen molar-refractivity contribution in [2.45, 2.75) is 12.5 Å². The Kier molecular flexibility index (Phi) is 4.95. The summed E-state index contributed by atoms with van der Waals surface area (Å²) in [6, 6.07) is 5.49. The number of halogens is 4. The molecule has 1 aromatic heterocycles. The quantitative estimate of drug-likeness (QED) is 0.807. The van der Waals surface area contributed by atoms with E-state index < -0.39 is 11.6 Å². The Hall–Kier alpha value is -0.490. The van der Waals surface area contributed by atoms with Crippen LogP contribution in [0.3, 0.4) is 0 Å². The van der Waals surface area contributed by atoms with Crippen molar-refractivity contribution in [2.24, 2.45) is 0 Å². The first-order valence-corrected chi connectivity index (χ1v) is 7.56. The highest BCUT2D eigenvalue weighted by Crippen LogP contribution is 2.36. The average molecular weight is 367 g/mol. The van der Waals surface area contributed by atoms with Crippen LogP contribution in [-0.4, -0.2) is 7.05 Å². The maximum atomic E-state index is 13.6. The molecule has 0 radical (unpaired) electrons. The normalized spacial score (nSPS) is 12.7. The Morgan fingerprint density at radius 2 is 2.11 bits per heavy atom. The van der Waals surface area contributed by atoms with Gasteiger partial charge >= 0.3 is 0 Å². The third kappa shape index (κ3) is 3.54. The van der Waals surface area contributed by atoms with E-state index in [2.05, 4.69) is 21.2 Å². The molecule has 0 aliphatic carbocycles. The second-order valence-electron chi connectivity index (χ2n) is 4.05. The standard InChI is InChI=1S/C13H11BrClF2NS/c1-18-11(12-6-9(14)13(15)19-12)4-7-2-3-8(16)5-10(7)17/h2-3,5-6,11,18H,4H2,1H3. The van der Waals surface area contributed by atoms with Gasteiger partial charge in [0.05, 0.1) is 0 Å². The van der Waals surface area contributed by atoms with Gasteiger partial charge in [-0.1, -0.05) is 17.7 Å². The molecule has 102 valence electrons. The summed E-state index contributed by atoms with van der Waals surface area (Å²) in [5.74, 6) is -1.09. The molecule has 1 aromatic carbocycles. The summed E-state index contributed by atoms with van der Waals surface area (Å²) in [5, 5.41) is 3.12. The lowest BCUT2D eigenvalue weighted by Gasteiger charge is -2.15. The van der Waals surface area contributed by atoms with E-state index in [0.29, 0.717) is 16.3 Å². The highest BCUT2D eigenvalue weighted by atomic mass is 79.9. The van der Waals surface area contributed by atoms with Crippen molar-refractivity contribution in [3.8, 4) is 0 Å². The molecule has 0 aliphatic heterocycles. The topological polar surface area (TPSA) is 12.0 Å². The van der Waals surface area contributed by atoms with E-state index in [1.807, 2.05) is 6.07 Å². The number of thiophene rings is 1. The van der Waals surface area contributed by atoms with Crippen LogP contribution >= 0.6 is 38.9 Å². The molecular weight excluding hydrogens is 356 g/mol. The van der Waals surface area contributed by atoms with E-state index in [4.69, 9.17) is 11.6 Å². The summed E-state index contributed by atoms with van der Waals surface area (Å²) >= 11 is 10.8. The smallest absolute Gasteiger partial charge is 0.129 e. The lowest BCUT2D eigenvalue weighted by Crippen LogP contribution is -2.18. The number of nitrogens with one attached hydrogen (secondary N) is 1. The Bertz CT molecular complexity index is 569. The highest BCUT2D eigenvalue weighted by molar-refractivity contribution is 9.10. The van der Waals surface area contributed by atoms with Crippen molar-refractivity contribution in [2.75, 3.05) is 7.05 Å². The minimum atomic E-state index is -0.566. The van der Waals surface area contributed by atoms with Gasteiger partial charge in [0.2, 0.25) is 0 Å². The fourth-order valence-corrected chi connectivity index (χ4v) is 3.63. The lowest BCUT2D eigenvalue weighted by atomic mass is 10.0. The van der Waals surface area contributed by atoms with E-state index in [0.717, 1.165) is 15.4 Å². The van der Waals surface area contributed by atoms with Gasteiger partial charge < -0.3 is 5.32 Å². The van der Waals surface area contributed by atoms with Gasteiger partial charge in [-0.2, -0.15) is 0 Å². The second kappa shape index (κ2) is 6.31. The zero-order valence-corrected chi connectivity index (χ0v) is 13.2. The van der Waals surface area contributed by atoms with Crippen molar-refractivity contribution in [1.29, 1.82) is 0 Å². The molecule has 1 nitrogen and oxygen atoms in total. The third-order valence-electron chi connectivity index (χ3n) is 2.80. The molecule has 6 heteroatoms. The number of hydrogen-bond donors (Lipinski definition) is 1. The summed E-state index contributed by atoms with van der Waals surface area (Å²) in [6.45, 7) is 0. The van der Waals surface area contributed by atoms with Gasteiger partial charge in [-0.25, -0.2) is 8.78 Å². The molecule has 0 spiro atoms. The molecule has 1 heterocycles. The molecule has 2 rings (SSSR count). The SMILES string of the molecule is CNC(Cc1ccc(F)cc1F)c1cc(Br)c(Cl)s1. The van der Waals surface area contributed by atoms with Crippen LogP contribution in [0, 0.1) is 11.6 Å². The van der Waals surface area contributed by atoms with Crippen LogP contribution in [0.15, 0.2) is 28.7 Å². The minimum Gasteiger partial charge on any atom is -0.312 e. The van der Waals surface area contributed by atoms with Gasteiger partial charge in [0.15, 0.2) is 0 Å². The molecule has 1 atom stereocenters. The van der Waals surface area contributed by atoms with Crippen molar-refractivity contribution in [3.63, 3.8) is 0 Å². The first kappa shape index (κ1) is 14.9. The number of hydrogen-bond acceptors (Lipinski definition) is 2. The van der Waals surface area contributed by atoms with Gasteiger partial charge in [0, 0.05) is 21.5 Å². The largest absolute Gasteiger partial charge is 0.312 e. The van der Waals surface area contributed by atoms with E-state index in [1.54, 1.807) is 7.05 Å². The fourth-order valence-electron chi connectivity index (χ4n) is 1.79. The van der Waals surface area contributed by atoms with Crippen LogP contribution in [0.1, 0.15) is 16.5 Å². The minimum absolute atomic E-state index is 0.0613. The Morgan fingerprint density at radius 3 is 2.63 bits per heavy atom. The summed E-state index contributed by atoms with van der Waals surface area (Å²) in [6.07, 6.45) is 0.436. The molecule has 0 aliphatic rings. The molecule has 1 unspecified atom stereocenters. The van der Waals surface area contributed by atoms with Crippen LogP contribution in [0.5, 0.6) is 0 Å². The van der Waals surface area contributed by atoms with Crippen molar-refractivity contribution in [1.82, 2.24) is 5.32 Å². The molecule has 0 bridgehead atoms. The van der Waals surface area contributed by atoms with Gasteiger partial charge in [-0.3, -0.25) is 0 Å². The molecule has 0 amide bonds. The third-order valence-corrected chi connectivity index (χ3v) is 5.38. The van der Waals surface area contributed by atoms with Crippen LogP contribution in [0.25, 0.3) is 0 Å². The maximum absolute atomic E-state index is 13.6. The van der Waals surface area contributed by atoms with Gasteiger partial charge in [0.25, 0.3) is 0 Å². The van der Waals surface area contributed by atoms with Crippen molar-refractivity contribution in [3.05, 3.63) is 55.1 Å². The predicted octanol–water partition coefficient (Wildman–Crippen LogP) is 4.95. The molecular formula is C13H11BrClF2NS. The Morgan fingerprint density at radius 1 is 1.37 bits per heavy atom. The molecule has 1 N–H and O–H groups in total. The first-order chi connectivity index (χ1) is 9.01. The number of rotatable bonds is 4. The van der Waals surface area contributed by atoms with Crippen LogP contribution in [-0.2, 0) is 6.42 Å². The molecule has 0 fully saturated rings. The summed E-state index contributed by atoms with van der Waals surface area (Å²) < 4.78 is 28.0. The average Bonchev–Trinajstić information content (AvgIpc) is 2.68. The lowest BCUT2D eigenvalue weighted by molar-refractivity contribution is 0.544. The zero-order valence-electron chi connectivity index (χ0n) is 10.0. The van der Waals surface area contributed by atoms with Gasteiger partial charge in [-0.15, -0.1) is 11.3 Å². The molecule has 19 heavy (non-hydrogen) atoms. The molecule has 0 saturated carbocycles. The second-order valence-corrected chi connectivity index (χ2v) is 6.59. The predicted molar refractivity (Wildman–Crippen MR) is 78.9 cm³/mol. The van der Waals surface area contributed by atoms with Crippen LogP contribution in [0.4, 0.5) is 8.78 Å². The first-order valence-electron chi connectivity index (χ1n) is 5.57. The van der Waals surface area contributed by atoms with Crippen LogP contribution in [0.2, 0.25) is 4.34 Å². The number of benzene rings is 1. The van der Waals surface area contributed by atoms with Crippen LogP contribution < -0.4 is 5.32 Å². The molecule has 2 aromatic rings. The van der Waals surface area contributed by atoms with Crippen molar-refractivity contribution < 1.29 is 8.78 Å². The Balaban J connectivity index is 2.23. The Labute approximate surface area is 127 Å².